The molecule has 0 saturated heterocycles. The maximum Gasteiger partial charge on any atom is -0.0184 e. The average Bonchev–Trinajstić information content (AvgIpc) is 2.10. The van der Waals surface area contributed by atoms with Crippen molar-refractivity contribution in [2.75, 3.05) is 0 Å². The lowest BCUT2D eigenvalue weighted by Gasteiger charge is -2.81. The first kappa shape index (κ1) is 10.5. The van der Waals surface area contributed by atoms with Gasteiger partial charge in [0.1, 0.15) is 0 Å². The molecule has 0 heterocycles. The molecule has 2 saturated carbocycles. The number of hydrogen-bond donors (Lipinski definition) is 0. The highest BCUT2D eigenvalue weighted by Crippen LogP contribution is 2.82. The Bertz CT molecular complexity index is 263. The minimum Gasteiger partial charge on any atom is -0.0622 e. The van der Waals surface area contributed by atoms with Crippen molar-refractivity contribution in [2.24, 2.45) is 34.0 Å². The minimum atomic E-state index is 0.551. The quantitative estimate of drug-likeness (QED) is 0.582. The summed E-state index contributed by atoms with van der Waals surface area (Å²) in [5.41, 5.74) is 1.75. The zero-order valence-corrected chi connectivity index (χ0v) is 10.9. The van der Waals surface area contributed by atoms with Crippen LogP contribution in [-0.2, 0) is 0 Å². The van der Waals surface area contributed by atoms with Crippen LogP contribution in [0.1, 0.15) is 54.9 Å². The Morgan fingerprint density at radius 2 is 1.57 bits per heavy atom. The average molecular weight is 194 g/mol. The fraction of sp³-hybridized carbons (Fsp3) is 1.00. The zero-order chi connectivity index (χ0) is 10.9. The Morgan fingerprint density at radius 1 is 1.07 bits per heavy atom. The first-order valence-corrected chi connectivity index (χ1v) is 6.19. The van der Waals surface area contributed by atoms with E-state index in [9.17, 15) is 0 Å². The van der Waals surface area contributed by atoms with Crippen molar-refractivity contribution in [3.63, 3.8) is 0 Å². The SMILES string of the molecule is CC(C)[C@]1(C)C[C@@H]2[C@H](C)C(C)(C)[C@@]21C. The third kappa shape index (κ3) is 0.717. The lowest BCUT2D eigenvalue weighted by molar-refractivity contribution is -0.338. The van der Waals surface area contributed by atoms with Gasteiger partial charge < -0.3 is 0 Å². The lowest BCUT2D eigenvalue weighted by Crippen LogP contribution is -2.76. The van der Waals surface area contributed by atoms with Gasteiger partial charge in [-0.05, 0) is 40.4 Å². The fourth-order valence-electron chi connectivity index (χ4n) is 4.77. The van der Waals surface area contributed by atoms with E-state index < -0.39 is 0 Å². The van der Waals surface area contributed by atoms with Crippen LogP contribution in [-0.4, -0.2) is 0 Å². The number of rotatable bonds is 1. The fourth-order valence-corrected chi connectivity index (χ4v) is 4.77. The van der Waals surface area contributed by atoms with Crippen LogP contribution < -0.4 is 0 Å². The van der Waals surface area contributed by atoms with Crippen molar-refractivity contribution >= 4 is 0 Å². The van der Waals surface area contributed by atoms with E-state index in [0.29, 0.717) is 16.2 Å². The molecule has 14 heavy (non-hydrogen) atoms. The Balaban J connectivity index is 2.33. The summed E-state index contributed by atoms with van der Waals surface area (Å²) in [5, 5.41) is 0. The minimum absolute atomic E-state index is 0.551. The van der Waals surface area contributed by atoms with Crippen molar-refractivity contribution in [2.45, 2.75) is 54.9 Å². The van der Waals surface area contributed by atoms with Crippen molar-refractivity contribution in [3.05, 3.63) is 0 Å². The first-order chi connectivity index (χ1) is 6.19. The predicted octanol–water partition coefficient (Wildman–Crippen LogP) is 4.35. The molecule has 0 aliphatic heterocycles. The second kappa shape index (κ2) is 2.39. The van der Waals surface area contributed by atoms with Crippen molar-refractivity contribution in [1.82, 2.24) is 0 Å². The van der Waals surface area contributed by atoms with Crippen molar-refractivity contribution < 1.29 is 0 Å². The molecule has 2 aliphatic carbocycles. The van der Waals surface area contributed by atoms with Gasteiger partial charge in [0.15, 0.2) is 0 Å². The van der Waals surface area contributed by atoms with Gasteiger partial charge >= 0.3 is 0 Å². The number of fused-ring (bicyclic) bond motifs is 1. The highest BCUT2D eigenvalue weighted by atomic mass is 14.8. The second-order valence-electron chi connectivity index (χ2n) is 7.10. The monoisotopic (exact) mass is 194 g/mol. The third-order valence-corrected chi connectivity index (χ3v) is 6.93. The van der Waals surface area contributed by atoms with E-state index in [0.717, 1.165) is 17.8 Å². The summed E-state index contributed by atoms with van der Waals surface area (Å²) in [4.78, 5) is 0. The molecule has 0 amide bonds. The maximum atomic E-state index is 2.54. The maximum absolute atomic E-state index is 2.54. The van der Waals surface area contributed by atoms with E-state index in [2.05, 4.69) is 48.5 Å². The van der Waals surface area contributed by atoms with Crippen LogP contribution in [0.5, 0.6) is 0 Å². The van der Waals surface area contributed by atoms with Crippen LogP contribution in [0, 0.1) is 34.0 Å². The molecule has 82 valence electrons. The third-order valence-electron chi connectivity index (χ3n) is 6.93. The molecule has 0 aromatic heterocycles. The smallest absolute Gasteiger partial charge is 0.0184 e. The summed E-state index contributed by atoms with van der Waals surface area (Å²) in [6, 6.07) is 0. The molecule has 0 spiro atoms. The van der Waals surface area contributed by atoms with Gasteiger partial charge in [0, 0.05) is 0 Å². The summed E-state index contributed by atoms with van der Waals surface area (Å²) >= 11 is 0. The summed E-state index contributed by atoms with van der Waals surface area (Å²) < 4.78 is 0. The van der Waals surface area contributed by atoms with Gasteiger partial charge in [0.05, 0.1) is 0 Å². The summed E-state index contributed by atoms with van der Waals surface area (Å²) in [6.45, 7) is 17.3. The first-order valence-electron chi connectivity index (χ1n) is 6.19. The lowest BCUT2D eigenvalue weighted by atomic mass is 9.23. The molecule has 0 aromatic rings. The van der Waals surface area contributed by atoms with Crippen molar-refractivity contribution in [1.29, 1.82) is 0 Å². The summed E-state index contributed by atoms with van der Waals surface area (Å²) in [6.07, 6.45) is 1.46. The van der Waals surface area contributed by atoms with Gasteiger partial charge in [0.25, 0.3) is 0 Å². The Kier molecular flexibility index (Phi) is 1.79. The van der Waals surface area contributed by atoms with E-state index >= 15 is 0 Å². The molecule has 0 unspecified atom stereocenters. The Hall–Kier alpha value is 0. The van der Waals surface area contributed by atoms with Crippen LogP contribution in [0.2, 0.25) is 0 Å². The molecular weight excluding hydrogens is 168 g/mol. The van der Waals surface area contributed by atoms with E-state index in [1.165, 1.54) is 6.42 Å². The van der Waals surface area contributed by atoms with E-state index in [1.807, 2.05) is 0 Å². The molecule has 2 fully saturated rings. The van der Waals surface area contributed by atoms with Crippen LogP contribution in [0.15, 0.2) is 0 Å². The van der Waals surface area contributed by atoms with Gasteiger partial charge in [-0.2, -0.15) is 0 Å². The van der Waals surface area contributed by atoms with Gasteiger partial charge in [-0.25, -0.2) is 0 Å². The second-order valence-corrected chi connectivity index (χ2v) is 7.10. The standard InChI is InChI=1S/C14H26/c1-9(2)13(6)8-11-10(3)12(4,5)14(11,13)7/h9-11H,8H2,1-7H3/t10-,11+,13-,14+/m0/s1. The largest absolute Gasteiger partial charge is 0.0622 e. The van der Waals surface area contributed by atoms with Gasteiger partial charge in [0.2, 0.25) is 0 Å². The summed E-state index contributed by atoms with van der Waals surface area (Å²) in [5.74, 6) is 2.76. The molecule has 0 nitrogen and oxygen atoms in total. The Morgan fingerprint density at radius 3 is 1.93 bits per heavy atom. The van der Waals surface area contributed by atoms with E-state index in [4.69, 9.17) is 0 Å². The van der Waals surface area contributed by atoms with Crippen molar-refractivity contribution in [3.8, 4) is 0 Å². The molecule has 0 aromatic carbocycles. The molecule has 0 radical (unpaired) electrons. The van der Waals surface area contributed by atoms with Crippen LogP contribution >= 0.6 is 0 Å². The van der Waals surface area contributed by atoms with Crippen LogP contribution in [0.4, 0.5) is 0 Å². The molecule has 0 heteroatoms. The van der Waals surface area contributed by atoms with Crippen LogP contribution in [0.3, 0.4) is 0 Å². The van der Waals surface area contributed by atoms with Gasteiger partial charge in [-0.1, -0.05) is 48.5 Å². The number of hydrogen-bond acceptors (Lipinski definition) is 0. The van der Waals surface area contributed by atoms with E-state index in [1.54, 1.807) is 0 Å². The summed E-state index contributed by atoms with van der Waals surface area (Å²) in [7, 11) is 0. The molecule has 4 atom stereocenters. The Labute approximate surface area is 89.5 Å². The molecular formula is C14H26. The molecule has 0 bridgehead atoms. The van der Waals surface area contributed by atoms with Gasteiger partial charge in [-0.3, -0.25) is 0 Å². The molecule has 2 rings (SSSR count). The van der Waals surface area contributed by atoms with E-state index in [-0.39, 0.29) is 0 Å². The topological polar surface area (TPSA) is 0 Å². The molecule has 0 N–H and O–H groups in total. The zero-order valence-electron chi connectivity index (χ0n) is 10.9. The predicted molar refractivity (Wildman–Crippen MR) is 62.1 cm³/mol. The highest BCUT2D eigenvalue weighted by Gasteiger charge is 2.76. The normalized spacial score (nSPS) is 54.9. The molecule has 2 aliphatic rings. The van der Waals surface area contributed by atoms with Crippen LogP contribution in [0.25, 0.3) is 0 Å². The highest BCUT2D eigenvalue weighted by molar-refractivity contribution is 5.24. The van der Waals surface area contributed by atoms with Gasteiger partial charge in [-0.15, -0.1) is 0 Å².